The number of hydrogen-bond donors (Lipinski definition) is 1. The molecule has 0 amide bonds. The Balaban J connectivity index is 2.34. The molecule has 0 radical (unpaired) electrons. The van der Waals surface area contributed by atoms with Gasteiger partial charge in [-0.3, -0.25) is 0 Å². The topological polar surface area (TPSA) is 26.0 Å². The zero-order valence-corrected chi connectivity index (χ0v) is 10.6. The number of halogens is 4. The van der Waals surface area contributed by atoms with Crippen molar-refractivity contribution in [3.63, 3.8) is 0 Å². The zero-order chi connectivity index (χ0) is 14.0. The van der Waals surface area contributed by atoms with Crippen molar-refractivity contribution in [1.29, 1.82) is 0 Å². The van der Waals surface area contributed by atoms with Crippen molar-refractivity contribution in [2.75, 3.05) is 0 Å². The molecule has 2 rings (SSSR count). The Hall–Kier alpha value is -1.40. The first kappa shape index (κ1) is 14.0. The van der Waals surface area contributed by atoms with Gasteiger partial charge in [0.15, 0.2) is 0 Å². The van der Waals surface area contributed by atoms with Crippen molar-refractivity contribution in [3.8, 4) is 0 Å². The molecule has 19 heavy (non-hydrogen) atoms. The van der Waals surface area contributed by atoms with Crippen LogP contribution in [0, 0.1) is 5.82 Å². The molecule has 0 spiro atoms. The van der Waals surface area contributed by atoms with Gasteiger partial charge in [-0.2, -0.15) is 13.2 Å². The molecule has 0 aliphatic heterocycles. The average Bonchev–Trinajstić information content (AvgIpc) is 2.80. The number of benzene rings is 1. The number of hydrogen-bond acceptors (Lipinski definition) is 2. The summed E-state index contributed by atoms with van der Waals surface area (Å²) in [6, 6.07) is 5.09. The van der Waals surface area contributed by atoms with E-state index in [9.17, 15) is 17.6 Å². The van der Waals surface area contributed by atoms with Crippen LogP contribution in [0.25, 0.3) is 0 Å². The SMILES string of the molecule is NC(Cc1cccs1)c1cc(F)ccc1C(F)(F)F. The Morgan fingerprint density at radius 3 is 2.53 bits per heavy atom. The van der Waals surface area contributed by atoms with Crippen molar-refractivity contribution >= 4 is 11.3 Å². The summed E-state index contributed by atoms with van der Waals surface area (Å²) in [7, 11) is 0. The third kappa shape index (κ3) is 3.33. The molecule has 1 unspecified atom stereocenters. The molecule has 2 N–H and O–H groups in total. The molecule has 1 heterocycles. The van der Waals surface area contributed by atoms with Gasteiger partial charge in [0.25, 0.3) is 0 Å². The van der Waals surface area contributed by atoms with Crippen LogP contribution in [0.15, 0.2) is 35.7 Å². The smallest absolute Gasteiger partial charge is 0.324 e. The highest BCUT2D eigenvalue weighted by Crippen LogP contribution is 2.35. The lowest BCUT2D eigenvalue weighted by Crippen LogP contribution is -2.19. The van der Waals surface area contributed by atoms with E-state index in [2.05, 4.69) is 0 Å². The molecule has 2 aromatic rings. The quantitative estimate of drug-likeness (QED) is 0.844. The van der Waals surface area contributed by atoms with Crippen molar-refractivity contribution in [2.45, 2.75) is 18.6 Å². The van der Waals surface area contributed by atoms with E-state index in [0.717, 1.165) is 23.1 Å². The summed E-state index contributed by atoms with van der Waals surface area (Å²) in [4.78, 5) is 0.866. The molecule has 1 aromatic heterocycles. The Bertz CT molecular complexity index is 548. The number of rotatable bonds is 3. The fraction of sp³-hybridized carbons (Fsp3) is 0.231. The molecule has 0 aliphatic rings. The molecule has 1 atom stereocenters. The van der Waals surface area contributed by atoms with Gasteiger partial charge >= 0.3 is 6.18 Å². The van der Waals surface area contributed by atoms with E-state index in [1.54, 1.807) is 12.1 Å². The molecule has 6 heteroatoms. The normalized spacial score (nSPS) is 13.5. The maximum absolute atomic E-state index is 13.2. The molecule has 0 saturated carbocycles. The van der Waals surface area contributed by atoms with Gasteiger partial charge < -0.3 is 5.73 Å². The number of thiophene rings is 1. The molecule has 102 valence electrons. The van der Waals surface area contributed by atoms with Crippen LogP contribution in [0.4, 0.5) is 17.6 Å². The number of nitrogens with two attached hydrogens (primary N) is 1. The Kier molecular flexibility index (Phi) is 3.91. The third-order valence-corrected chi connectivity index (χ3v) is 3.62. The summed E-state index contributed by atoms with van der Waals surface area (Å²) in [5, 5.41) is 1.82. The summed E-state index contributed by atoms with van der Waals surface area (Å²) in [5.41, 5.74) is 4.71. The molecular weight excluding hydrogens is 278 g/mol. The van der Waals surface area contributed by atoms with E-state index in [1.165, 1.54) is 11.3 Å². The summed E-state index contributed by atoms with van der Waals surface area (Å²) >= 11 is 1.41. The molecule has 1 nitrogen and oxygen atoms in total. The van der Waals surface area contributed by atoms with Gasteiger partial charge in [-0.25, -0.2) is 4.39 Å². The van der Waals surface area contributed by atoms with Crippen LogP contribution >= 0.6 is 11.3 Å². The number of alkyl halides is 3. The van der Waals surface area contributed by atoms with Crippen LogP contribution in [0.3, 0.4) is 0 Å². The van der Waals surface area contributed by atoms with Gasteiger partial charge in [-0.15, -0.1) is 11.3 Å². The molecular formula is C13H11F4NS. The fourth-order valence-electron chi connectivity index (χ4n) is 1.85. The fourth-order valence-corrected chi connectivity index (χ4v) is 2.62. The average molecular weight is 289 g/mol. The van der Waals surface area contributed by atoms with E-state index in [1.807, 2.05) is 5.38 Å². The van der Waals surface area contributed by atoms with Crippen LogP contribution in [0.1, 0.15) is 22.0 Å². The maximum atomic E-state index is 13.2. The van der Waals surface area contributed by atoms with Gasteiger partial charge in [0.2, 0.25) is 0 Å². The van der Waals surface area contributed by atoms with Crippen molar-refractivity contribution in [3.05, 3.63) is 57.5 Å². The van der Waals surface area contributed by atoms with Gasteiger partial charge in [0.05, 0.1) is 5.56 Å². The van der Waals surface area contributed by atoms with E-state index >= 15 is 0 Å². The predicted molar refractivity (Wildman–Crippen MR) is 66.4 cm³/mol. The van der Waals surface area contributed by atoms with Crippen molar-refractivity contribution in [1.82, 2.24) is 0 Å². The van der Waals surface area contributed by atoms with Crippen molar-refractivity contribution < 1.29 is 17.6 Å². The van der Waals surface area contributed by atoms with Gasteiger partial charge in [-0.1, -0.05) is 6.07 Å². The second kappa shape index (κ2) is 5.30. The van der Waals surface area contributed by atoms with E-state index in [0.29, 0.717) is 0 Å². The minimum absolute atomic E-state index is 0.207. The second-order valence-corrected chi connectivity index (χ2v) is 5.15. The van der Waals surface area contributed by atoms with Crippen LogP contribution in [-0.4, -0.2) is 0 Å². The molecule has 0 aliphatic carbocycles. The standard InChI is InChI=1S/C13H11F4NS/c14-8-3-4-11(13(15,16)17)10(6-8)12(18)7-9-2-1-5-19-9/h1-6,12H,7,18H2. The highest BCUT2D eigenvalue weighted by molar-refractivity contribution is 7.09. The van der Waals surface area contributed by atoms with Crippen LogP contribution in [0.2, 0.25) is 0 Å². The lowest BCUT2D eigenvalue weighted by Gasteiger charge is -2.18. The van der Waals surface area contributed by atoms with Crippen LogP contribution in [-0.2, 0) is 12.6 Å². The zero-order valence-electron chi connectivity index (χ0n) is 9.75. The maximum Gasteiger partial charge on any atom is 0.416 e. The van der Waals surface area contributed by atoms with Crippen LogP contribution < -0.4 is 5.73 Å². The third-order valence-electron chi connectivity index (χ3n) is 2.72. The summed E-state index contributed by atoms with van der Waals surface area (Å²) < 4.78 is 51.7. The van der Waals surface area contributed by atoms with E-state index < -0.39 is 23.6 Å². The first-order chi connectivity index (χ1) is 8.88. The summed E-state index contributed by atoms with van der Waals surface area (Å²) in [6.45, 7) is 0. The Morgan fingerprint density at radius 2 is 1.95 bits per heavy atom. The summed E-state index contributed by atoms with van der Waals surface area (Å²) in [6.07, 6.45) is -4.28. The van der Waals surface area contributed by atoms with E-state index in [-0.39, 0.29) is 12.0 Å². The molecule has 0 saturated heterocycles. The molecule has 0 bridgehead atoms. The van der Waals surface area contributed by atoms with Crippen molar-refractivity contribution in [2.24, 2.45) is 5.73 Å². The first-order valence-electron chi connectivity index (χ1n) is 5.52. The van der Waals surface area contributed by atoms with E-state index in [4.69, 9.17) is 5.73 Å². The molecule has 0 fully saturated rings. The van der Waals surface area contributed by atoms with Gasteiger partial charge in [-0.05, 0) is 35.2 Å². The molecule has 1 aromatic carbocycles. The van der Waals surface area contributed by atoms with Gasteiger partial charge in [0, 0.05) is 17.3 Å². The minimum Gasteiger partial charge on any atom is -0.324 e. The largest absolute Gasteiger partial charge is 0.416 e. The second-order valence-electron chi connectivity index (χ2n) is 4.12. The minimum atomic E-state index is -4.53. The van der Waals surface area contributed by atoms with Crippen LogP contribution in [0.5, 0.6) is 0 Å². The predicted octanol–water partition coefficient (Wildman–Crippen LogP) is 4.15. The highest BCUT2D eigenvalue weighted by atomic mass is 32.1. The lowest BCUT2D eigenvalue weighted by molar-refractivity contribution is -0.138. The Labute approximate surface area is 111 Å². The van der Waals surface area contributed by atoms with Gasteiger partial charge in [0.1, 0.15) is 5.82 Å². The Morgan fingerprint density at radius 1 is 1.21 bits per heavy atom. The first-order valence-corrected chi connectivity index (χ1v) is 6.40. The highest BCUT2D eigenvalue weighted by Gasteiger charge is 2.34. The lowest BCUT2D eigenvalue weighted by atomic mass is 9.97. The monoisotopic (exact) mass is 289 g/mol. The summed E-state index contributed by atoms with van der Waals surface area (Å²) in [5.74, 6) is -0.718.